The molecule has 0 saturated carbocycles. The topological polar surface area (TPSA) is 0 Å². The number of aryl methyl sites for hydroxylation is 1. The first-order chi connectivity index (χ1) is 5.92. The third-order valence-corrected chi connectivity index (χ3v) is 3.35. The van der Waals surface area contributed by atoms with E-state index in [0.29, 0.717) is 0 Å². The van der Waals surface area contributed by atoms with Gasteiger partial charge in [-0.25, -0.2) is 0 Å². The maximum atomic E-state index is 5.41. The fraction of sp³-hybridized carbons (Fsp3) is 0.273. The molecule has 1 heterocycles. The highest BCUT2D eigenvalue weighted by atomic mass is 32.2. The van der Waals surface area contributed by atoms with Gasteiger partial charge in [0.1, 0.15) is 0 Å². The van der Waals surface area contributed by atoms with Crippen molar-refractivity contribution in [1.82, 2.24) is 0 Å². The van der Waals surface area contributed by atoms with E-state index in [9.17, 15) is 0 Å². The molecule has 0 radical (unpaired) electrons. The Balaban J connectivity index is 2.53. The van der Waals surface area contributed by atoms with Crippen LogP contribution in [-0.4, -0.2) is 5.75 Å². The summed E-state index contributed by atoms with van der Waals surface area (Å²) < 4.78 is 0. The van der Waals surface area contributed by atoms with Crippen molar-refractivity contribution in [3.05, 3.63) is 29.3 Å². The zero-order valence-corrected chi connectivity index (χ0v) is 7.66. The van der Waals surface area contributed by atoms with Gasteiger partial charge in [0.15, 0.2) is 0 Å². The summed E-state index contributed by atoms with van der Waals surface area (Å²) in [4.78, 5) is 1.34. The van der Waals surface area contributed by atoms with E-state index in [1.807, 2.05) is 17.8 Å². The first kappa shape index (κ1) is 7.76. The van der Waals surface area contributed by atoms with E-state index in [1.54, 1.807) is 0 Å². The monoisotopic (exact) mass is 174 g/mol. The van der Waals surface area contributed by atoms with Gasteiger partial charge in [0.25, 0.3) is 0 Å². The molecule has 0 aliphatic carbocycles. The summed E-state index contributed by atoms with van der Waals surface area (Å²) in [6.45, 7) is 0. The largest absolute Gasteiger partial charge is 0.125 e. The average molecular weight is 174 g/mol. The van der Waals surface area contributed by atoms with Crippen LogP contribution in [0.5, 0.6) is 0 Å². The molecule has 1 aromatic carbocycles. The van der Waals surface area contributed by atoms with Gasteiger partial charge in [0.2, 0.25) is 0 Å². The summed E-state index contributed by atoms with van der Waals surface area (Å²) in [6, 6.07) is 6.26. The molecule has 0 saturated heterocycles. The van der Waals surface area contributed by atoms with Crippen LogP contribution >= 0.6 is 11.8 Å². The highest BCUT2D eigenvalue weighted by molar-refractivity contribution is 7.99. The molecule has 1 heteroatoms. The normalized spacial score (nSPS) is 14.9. The van der Waals surface area contributed by atoms with Gasteiger partial charge in [-0.3, -0.25) is 0 Å². The van der Waals surface area contributed by atoms with Crippen molar-refractivity contribution in [1.29, 1.82) is 0 Å². The molecule has 0 fully saturated rings. The van der Waals surface area contributed by atoms with Gasteiger partial charge in [-0.15, -0.1) is 18.2 Å². The fourth-order valence-corrected chi connectivity index (χ4v) is 2.63. The second-order valence-corrected chi connectivity index (χ2v) is 4.00. The highest BCUT2D eigenvalue weighted by Crippen LogP contribution is 2.32. The smallest absolute Gasteiger partial charge is 0.0381 e. The number of terminal acetylenes is 1. The van der Waals surface area contributed by atoms with Crippen LogP contribution in [0.1, 0.15) is 17.5 Å². The molecule has 12 heavy (non-hydrogen) atoms. The van der Waals surface area contributed by atoms with Gasteiger partial charge < -0.3 is 0 Å². The molecular weight excluding hydrogens is 164 g/mol. The van der Waals surface area contributed by atoms with Crippen molar-refractivity contribution in [2.24, 2.45) is 0 Å². The van der Waals surface area contributed by atoms with Crippen LogP contribution in [0.25, 0.3) is 0 Å². The molecule has 0 spiro atoms. The Morgan fingerprint density at radius 2 is 2.33 bits per heavy atom. The van der Waals surface area contributed by atoms with E-state index in [-0.39, 0.29) is 0 Å². The Hall–Kier alpha value is -0.870. The molecule has 0 nitrogen and oxygen atoms in total. The Kier molecular flexibility index (Phi) is 2.10. The maximum absolute atomic E-state index is 5.41. The van der Waals surface area contributed by atoms with E-state index >= 15 is 0 Å². The molecule has 60 valence electrons. The Labute approximate surface area is 77.4 Å². The molecule has 0 aromatic heterocycles. The van der Waals surface area contributed by atoms with Crippen molar-refractivity contribution in [3.63, 3.8) is 0 Å². The second-order valence-electron chi connectivity index (χ2n) is 2.89. The molecule has 1 aromatic rings. The van der Waals surface area contributed by atoms with Crippen molar-refractivity contribution in [3.8, 4) is 12.3 Å². The first-order valence-corrected chi connectivity index (χ1v) is 5.11. The molecule has 0 N–H and O–H groups in total. The quantitative estimate of drug-likeness (QED) is 0.545. The molecule has 1 aliphatic rings. The summed E-state index contributed by atoms with van der Waals surface area (Å²) in [5.41, 5.74) is 2.50. The van der Waals surface area contributed by atoms with Gasteiger partial charge >= 0.3 is 0 Å². The lowest BCUT2D eigenvalue weighted by Crippen LogP contribution is -1.99. The van der Waals surface area contributed by atoms with Gasteiger partial charge in [-0.05, 0) is 30.2 Å². The van der Waals surface area contributed by atoms with Crippen molar-refractivity contribution >= 4 is 11.8 Å². The molecule has 0 atom stereocenters. The molecule has 0 unspecified atom stereocenters. The Morgan fingerprint density at radius 1 is 1.42 bits per heavy atom. The lowest BCUT2D eigenvalue weighted by atomic mass is 10.1. The van der Waals surface area contributed by atoms with Gasteiger partial charge in [0.05, 0.1) is 0 Å². The number of benzene rings is 1. The van der Waals surface area contributed by atoms with Crippen LogP contribution in [0, 0.1) is 12.3 Å². The van der Waals surface area contributed by atoms with Crippen molar-refractivity contribution in [2.75, 3.05) is 5.75 Å². The van der Waals surface area contributed by atoms with Crippen molar-refractivity contribution < 1.29 is 0 Å². The highest BCUT2D eigenvalue weighted by Gasteiger charge is 2.11. The van der Waals surface area contributed by atoms with Crippen LogP contribution in [-0.2, 0) is 6.42 Å². The number of hydrogen-bond donors (Lipinski definition) is 0. The van der Waals surface area contributed by atoms with E-state index in [4.69, 9.17) is 6.42 Å². The number of fused-ring (bicyclic) bond motifs is 1. The first-order valence-electron chi connectivity index (χ1n) is 4.13. The third-order valence-electron chi connectivity index (χ3n) is 2.09. The minimum atomic E-state index is 1.07. The lowest BCUT2D eigenvalue weighted by molar-refractivity contribution is 0.888. The van der Waals surface area contributed by atoms with Crippen LogP contribution in [0.15, 0.2) is 23.1 Å². The minimum absolute atomic E-state index is 1.07. The summed E-state index contributed by atoms with van der Waals surface area (Å²) in [7, 11) is 0. The van der Waals surface area contributed by atoms with E-state index in [1.165, 1.54) is 29.1 Å². The third kappa shape index (κ3) is 1.23. The molecule has 0 bridgehead atoms. The SMILES string of the molecule is C#Cc1cccc2c1SCCC2. The molecule has 0 amide bonds. The second kappa shape index (κ2) is 3.25. The zero-order chi connectivity index (χ0) is 8.39. The summed E-state index contributed by atoms with van der Waals surface area (Å²) in [6.07, 6.45) is 7.89. The van der Waals surface area contributed by atoms with Gasteiger partial charge in [-0.1, -0.05) is 18.1 Å². The number of rotatable bonds is 0. The average Bonchev–Trinajstić information content (AvgIpc) is 2.17. The molecule has 1 aliphatic heterocycles. The zero-order valence-electron chi connectivity index (χ0n) is 6.84. The number of thioether (sulfide) groups is 1. The van der Waals surface area contributed by atoms with Crippen LogP contribution < -0.4 is 0 Å². The standard InChI is InChI=1S/C11H10S/c1-2-9-5-3-6-10-7-4-8-12-11(9)10/h1,3,5-6H,4,7-8H2. The fourth-order valence-electron chi connectivity index (χ4n) is 1.50. The van der Waals surface area contributed by atoms with E-state index < -0.39 is 0 Å². The summed E-state index contributed by atoms with van der Waals surface area (Å²) in [5, 5.41) is 0. The molecule has 2 rings (SSSR count). The molecular formula is C11H10S. The Bertz CT molecular complexity index is 333. The van der Waals surface area contributed by atoms with Crippen molar-refractivity contribution in [2.45, 2.75) is 17.7 Å². The van der Waals surface area contributed by atoms with Gasteiger partial charge in [0, 0.05) is 10.5 Å². The van der Waals surface area contributed by atoms with Crippen LogP contribution in [0.2, 0.25) is 0 Å². The predicted octanol–water partition coefficient (Wildman–Crippen LogP) is 2.71. The summed E-state index contributed by atoms with van der Waals surface area (Å²) >= 11 is 1.90. The van der Waals surface area contributed by atoms with Gasteiger partial charge in [-0.2, -0.15) is 0 Å². The van der Waals surface area contributed by atoms with Crippen LogP contribution in [0.3, 0.4) is 0 Å². The maximum Gasteiger partial charge on any atom is 0.0381 e. The van der Waals surface area contributed by atoms with E-state index in [2.05, 4.69) is 18.1 Å². The Morgan fingerprint density at radius 3 is 3.17 bits per heavy atom. The minimum Gasteiger partial charge on any atom is -0.125 e. The lowest BCUT2D eigenvalue weighted by Gasteiger charge is -2.15. The predicted molar refractivity (Wildman–Crippen MR) is 53.4 cm³/mol. The van der Waals surface area contributed by atoms with Crippen LogP contribution in [0.4, 0.5) is 0 Å². The van der Waals surface area contributed by atoms with E-state index in [0.717, 1.165) is 5.56 Å². The number of hydrogen-bond acceptors (Lipinski definition) is 1. The summed E-state index contributed by atoms with van der Waals surface area (Å²) in [5.74, 6) is 3.95.